The molecule has 4 nitrogen and oxygen atoms in total. The van der Waals surface area contributed by atoms with E-state index in [1.54, 1.807) is 6.08 Å². The Morgan fingerprint density at radius 1 is 1.23 bits per heavy atom. The minimum atomic E-state index is -0.112. The zero-order chi connectivity index (χ0) is 16.8. The van der Waals surface area contributed by atoms with E-state index in [1.807, 2.05) is 6.08 Å². The van der Waals surface area contributed by atoms with Crippen LogP contribution in [0.4, 0.5) is 0 Å². The Balaban J connectivity index is 4.21. The van der Waals surface area contributed by atoms with Gasteiger partial charge in [-0.15, -0.1) is 0 Å². The quantitative estimate of drug-likeness (QED) is 0.312. The first-order chi connectivity index (χ1) is 10.5. The van der Waals surface area contributed by atoms with Crippen LogP contribution >= 0.6 is 15.9 Å². The standard InChI is InChI=1S/C17H29BrN2O2/c1-4-6-7-8-10-14(3)15(9-5-2)20-16(21)11-12-19-17(22)13-18/h5,9,14H,2,4,6-8,10-13H2,1,3H3,(H,19,22)(H,20,21)/b15-9-/t14-/m1/s1. The van der Waals surface area contributed by atoms with Crippen molar-refractivity contribution < 1.29 is 9.59 Å². The average molecular weight is 373 g/mol. The fourth-order valence-corrected chi connectivity index (χ4v) is 2.27. The number of carbonyl (C=O) groups excluding carboxylic acids is 2. The summed E-state index contributed by atoms with van der Waals surface area (Å²) in [6, 6.07) is 0. The zero-order valence-corrected chi connectivity index (χ0v) is 15.4. The van der Waals surface area contributed by atoms with E-state index in [2.05, 4.69) is 47.0 Å². The maximum Gasteiger partial charge on any atom is 0.230 e. The van der Waals surface area contributed by atoms with E-state index in [9.17, 15) is 9.59 Å². The molecule has 0 unspecified atom stereocenters. The number of hydrogen-bond donors (Lipinski definition) is 2. The van der Waals surface area contributed by atoms with Crippen LogP contribution in [0.25, 0.3) is 0 Å². The van der Waals surface area contributed by atoms with Gasteiger partial charge in [-0.3, -0.25) is 9.59 Å². The van der Waals surface area contributed by atoms with Gasteiger partial charge in [0.2, 0.25) is 11.8 Å². The Morgan fingerprint density at radius 2 is 1.95 bits per heavy atom. The van der Waals surface area contributed by atoms with E-state index in [4.69, 9.17) is 0 Å². The second-order valence-corrected chi connectivity index (χ2v) is 5.95. The first-order valence-corrected chi connectivity index (χ1v) is 9.12. The number of unbranched alkanes of at least 4 members (excludes halogenated alkanes) is 3. The zero-order valence-electron chi connectivity index (χ0n) is 13.8. The van der Waals surface area contributed by atoms with E-state index in [0.717, 1.165) is 12.1 Å². The van der Waals surface area contributed by atoms with Gasteiger partial charge in [0.15, 0.2) is 0 Å². The monoisotopic (exact) mass is 372 g/mol. The highest BCUT2D eigenvalue weighted by atomic mass is 79.9. The Kier molecular flexibility index (Phi) is 12.9. The lowest BCUT2D eigenvalue weighted by molar-refractivity contribution is -0.121. The second-order valence-electron chi connectivity index (χ2n) is 5.39. The minimum Gasteiger partial charge on any atom is -0.355 e. The smallest absolute Gasteiger partial charge is 0.230 e. The van der Waals surface area contributed by atoms with Gasteiger partial charge in [0.05, 0.1) is 5.33 Å². The second kappa shape index (κ2) is 13.6. The molecule has 2 N–H and O–H groups in total. The number of nitrogens with one attached hydrogen (secondary N) is 2. The molecule has 0 aliphatic carbocycles. The van der Waals surface area contributed by atoms with Gasteiger partial charge in [-0.2, -0.15) is 0 Å². The van der Waals surface area contributed by atoms with Crippen molar-refractivity contribution in [2.24, 2.45) is 5.92 Å². The number of allylic oxidation sites excluding steroid dienone is 3. The summed E-state index contributed by atoms with van der Waals surface area (Å²) in [5.41, 5.74) is 0.906. The summed E-state index contributed by atoms with van der Waals surface area (Å²) in [4.78, 5) is 23.0. The van der Waals surface area contributed by atoms with Crippen LogP contribution in [0.2, 0.25) is 0 Å². The van der Waals surface area contributed by atoms with Crippen molar-refractivity contribution in [1.29, 1.82) is 0 Å². The molecule has 0 radical (unpaired) electrons. The molecule has 0 saturated carbocycles. The van der Waals surface area contributed by atoms with Gasteiger partial charge in [0, 0.05) is 18.7 Å². The van der Waals surface area contributed by atoms with E-state index >= 15 is 0 Å². The van der Waals surface area contributed by atoms with Crippen LogP contribution in [0.1, 0.15) is 52.4 Å². The van der Waals surface area contributed by atoms with E-state index in [0.29, 0.717) is 12.5 Å². The van der Waals surface area contributed by atoms with Crippen LogP contribution < -0.4 is 10.6 Å². The molecular weight excluding hydrogens is 344 g/mol. The van der Waals surface area contributed by atoms with Crippen molar-refractivity contribution in [1.82, 2.24) is 10.6 Å². The van der Waals surface area contributed by atoms with Gasteiger partial charge in [-0.1, -0.05) is 68.1 Å². The van der Waals surface area contributed by atoms with Gasteiger partial charge in [0.25, 0.3) is 0 Å². The Hall–Kier alpha value is -1.10. The van der Waals surface area contributed by atoms with Crippen molar-refractivity contribution in [2.45, 2.75) is 52.4 Å². The fourth-order valence-electron chi connectivity index (χ4n) is 2.08. The largest absolute Gasteiger partial charge is 0.355 e. The molecule has 0 aliphatic heterocycles. The summed E-state index contributed by atoms with van der Waals surface area (Å²) in [5, 5.41) is 5.85. The van der Waals surface area contributed by atoms with E-state index in [1.165, 1.54) is 25.7 Å². The van der Waals surface area contributed by atoms with Crippen molar-refractivity contribution in [3.05, 3.63) is 24.4 Å². The summed E-state index contributed by atoms with van der Waals surface area (Å²) in [5.74, 6) is 0.110. The highest BCUT2D eigenvalue weighted by Crippen LogP contribution is 2.17. The van der Waals surface area contributed by atoms with Crippen molar-refractivity contribution in [2.75, 3.05) is 11.9 Å². The molecule has 0 saturated heterocycles. The maximum atomic E-state index is 11.9. The predicted octanol–water partition coefficient (Wildman–Crippen LogP) is 3.68. The Labute approximate surface area is 142 Å². The van der Waals surface area contributed by atoms with Crippen LogP contribution in [-0.4, -0.2) is 23.7 Å². The number of rotatable bonds is 12. The van der Waals surface area contributed by atoms with E-state index < -0.39 is 0 Å². The van der Waals surface area contributed by atoms with Crippen LogP contribution in [0.5, 0.6) is 0 Å². The topological polar surface area (TPSA) is 58.2 Å². The van der Waals surface area contributed by atoms with Gasteiger partial charge in [-0.25, -0.2) is 0 Å². The molecule has 0 bridgehead atoms. The lowest BCUT2D eigenvalue weighted by Crippen LogP contribution is -2.32. The van der Waals surface area contributed by atoms with Gasteiger partial charge in [0.1, 0.15) is 0 Å². The van der Waals surface area contributed by atoms with Crippen LogP contribution in [0.15, 0.2) is 24.4 Å². The number of halogens is 1. The molecular formula is C17H29BrN2O2. The molecule has 5 heteroatoms. The number of carbonyl (C=O) groups is 2. The number of hydrogen-bond acceptors (Lipinski definition) is 2. The molecule has 0 heterocycles. The summed E-state index contributed by atoms with van der Waals surface area (Å²) in [6.07, 6.45) is 9.77. The molecule has 2 amide bonds. The molecule has 0 aliphatic rings. The van der Waals surface area contributed by atoms with E-state index in [-0.39, 0.29) is 23.6 Å². The SMILES string of the molecule is C=C/C=C(\NC(=O)CCNC(=O)CBr)[C@H](C)CCCCCC. The molecule has 0 spiro atoms. The van der Waals surface area contributed by atoms with Gasteiger partial charge in [-0.05, 0) is 18.4 Å². The molecule has 0 rings (SSSR count). The van der Waals surface area contributed by atoms with Crippen molar-refractivity contribution >= 4 is 27.7 Å². The molecule has 0 fully saturated rings. The molecule has 0 aromatic rings. The van der Waals surface area contributed by atoms with Crippen molar-refractivity contribution in [3.63, 3.8) is 0 Å². The average Bonchev–Trinajstić information content (AvgIpc) is 2.50. The third-order valence-electron chi connectivity index (χ3n) is 3.40. The molecule has 0 aromatic carbocycles. The summed E-state index contributed by atoms with van der Waals surface area (Å²) >= 11 is 3.06. The Morgan fingerprint density at radius 3 is 2.55 bits per heavy atom. The van der Waals surface area contributed by atoms with Gasteiger partial charge >= 0.3 is 0 Å². The summed E-state index contributed by atoms with van der Waals surface area (Å²) < 4.78 is 0. The molecule has 22 heavy (non-hydrogen) atoms. The first kappa shape index (κ1) is 20.9. The lowest BCUT2D eigenvalue weighted by Gasteiger charge is -2.17. The molecule has 0 aromatic heterocycles. The first-order valence-electron chi connectivity index (χ1n) is 8.00. The van der Waals surface area contributed by atoms with Crippen LogP contribution in [0, 0.1) is 5.92 Å². The number of alkyl halides is 1. The minimum absolute atomic E-state index is 0.0802. The van der Waals surface area contributed by atoms with Gasteiger partial charge < -0.3 is 10.6 Å². The third kappa shape index (κ3) is 10.6. The van der Waals surface area contributed by atoms with Crippen LogP contribution in [0.3, 0.4) is 0 Å². The maximum absolute atomic E-state index is 11.9. The predicted molar refractivity (Wildman–Crippen MR) is 95.8 cm³/mol. The number of amides is 2. The summed E-state index contributed by atoms with van der Waals surface area (Å²) in [7, 11) is 0. The van der Waals surface area contributed by atoms with Crippen LogP contribution in [-0.2, 0) is 9.59 Å². The molecule has 1 atom stereocenters. The molecule has 126 valence electrons. The van der Waals surface area contributed by atoms with Crippen molar-refractivity contribution in [3.8, 4) is 0 Å². The lowest BCUT2D eigenvalue weighted by atomic mass is 9.98. The summed E-state index contributed by atoms with van der Waals surface area (Å²) in [6.45, 7) is 8.37. The third-order valence-corrected chi connectivity index (χ3v) is 3.91. The fraction of sp³-hybridized carbons (Fsp3) is 0.647. The highest BCUT2D eigenvalue weighted by Gasteiger charge is 2.11. The normalized spacial score (nSPS) is 12.6. The highest BCUT2D eigenvalue weighted by molar-refractivity contribution is 9.09. The Bertz CT molecular complexity index is 381.